The molecular formula is C12H20N2O4S. The molecule has 2 atom stereocenters. The Labute approximate surface area is 113 Å². The highest BCUT2D eigenvalue weighted by Gasteiger charge is 2.31. The van der Waals surface area contributed by atoms with E-state index in [4.69, 9.17) is 4.42 Å². The van der Waals surface area contributed by atoms with E-state index in [2.05, 4.69) is 10.0 Å². The van der Waals surface area contributed by atoms with Gasteiger partial charge < -0.3 is 14.8 Å². The number of furan rings is 1. The Morgan fingerprint density at radius 1 is 1.42 bits per heavy atom. The van der Waals surface area contributed by atoms with Gasteiger partial charge in [-0.3, -0.25) is 0 Å². The Bertz CT molecular complexity index is 512. The van der Waals surface area contributed by atoms with Crippen molar-refractivity contribution in [2.75, 3.05) is 13.7 Å². The summed E-state index contributed by atoms with van der Waals surface area (Å²) >= 11 is 0. The molecule has 3 N–H and O–H groups in total. The molecule has 1 saturated carbocycles. The summed E-state index contributed by atoms with van der Waals surface area (Å²) in [4.78, 5) is 0. The average molecular weight is 288 g/mol. The zero-order chi connectivity index (χ0) is 13.9. The van der Waals surface area contributed by atoms with Gasteiger partial charge in [0.15, 0.2) is 0 Å². The topological polar surface area (TPSA) is 91.6 Å². The number of sulfonamides is 1. The third kappa shape index (κ3) is 3.36. The lowest BCUT2D eigenvalue weighted by Crippen LogP contribution is -2.38. The van der Waals surface area contributed by atoms with E-state index in [0.717, 1.165) is 19.3 Å². The Morgan fingerprint density at radius 2 is 2.21 bits per heavy atom. The van der Waals surface area contributed by atoms with Gasteiger partial charge in [0.2, 0.25) is 5.09 Å². The van der Waals surface area contributed by atoms with Gasteiger partial charge in [-0.2, -0.15) is 0 Å². The minimum atomic E-state index is -3.64. The first-order valence-electron chi connectivity index (χ1n) is 6.43. The van der Waals surface area contributed by atoms with Crippen molar-refractivity contribution in [2.24, 2.45) is 5.92 Å². The van der Waals surface area contributed by atoms with Crippen LogP contribution < -0.4 is 10.0 Å². The lowest BCUT2D eigenvalue weighted by molar-refractivity contribution is 0.213. The molecule has 1 aliphatic rings. The van der Waals surface area contributed by atoms with Crippen LogP contribution in [0.1, 0.15) is 25.0 Å². The first-order valence-corrected chi connectivity index (χ1v) is 7.91. The lowest BCUT2D eigenvalue weighted by atomic mass is 10.1. The normalized spacial score (nSPS) is 23.9. The van der Waals surface area contributed by atoms with Crippen LogP contribution in [0.3, 0.4) is 0 Å². The fraction of sp³-hybridized carbons (Fsp3) is 0.667. The van der Waals surface area contributed by atoms with E-state index in [9.17, 15) is 13.5 Å². The zero-order valence-electron chi connectivity index (χ0n) is 10.9. The van der Waals surface area contributed by atoms with E-state index in [1.54, 1.807) is 13.1 Å². The summed E-state index contributed by atoms with van der Waals surface area (Å²) < 4.78 is 32.2. The number of rotatable bonds is 6. The molecule has 1 aromatic rings. The molecule has 6 nitrogen and oxygen atoms in total. The number of aliphatic hydroxyl groups is 1. The van der Waals surface area contributed by atoms with E-state index in [1.807, 2.05) is 0 Å². The Kier molecular flexibility index (Phi) is 4.62. The van der Waals surface area contributed by atoms with Gasteiger partial charge in [-0.15, -0.1) is 0 Å². The number of nitrogens with one attached hydrogen (secondary N) is 2. The van der Waals surface area contributed by atoms with E-state index in [0.29, 0.717) is 12.3 Å². The lowest BCUT2D eigenvalue weighted by Gasteiger charge is -2.17. The van der Waals surface area contributed by atoms with E-state index < -0.39 is 10.0 Å². The van der Waals surface area contributed by atoms with Crippen molar-refractivity contribution in [1.29, 1.82) is 0 Å². The van der Waals surface area contributed by atoms with Crippen molar-refractivity contribution in [2.45, 2.75) is 36.9 Å². The minimum Gasteiger partial charge on any atom is -0.447 e. The van der Waals surface area contributed by atoms with Crippen LogP contribution in [0, 0.1) is 5.92 Å². The molecule has 0 spiro atoms. The highest BCUT2D eigenvalue weighted by atomic mass is 32.2. The number of hydrogen-bond donors (Lipinski definition) is 3. The summed E-state index contributed by atoms with van der Waals surface area (Å²) in [5.41, 5.74) is 0. The largest absolute Gasteiger partial charge is 0.447 e. The highest BCUT2D eigenvalue weighted by Crippen LogP contribution is 2.27. The van der Waals surface area contributed by atoms with Crippen molar-refractivity contribution in [3.63, 3.8) is 0 Å². The molecule has 2 unspecified atom stereocenters. The Morgan fingerprint density at radius 3 is 2.89 bits per heavy atom. The second kappa shape index (κ2) is 6.04. The van der Waals surface area contributed by atoms with Crippen molar-refractivity contribution in [3.8, 4) is 0 Å². The smallest absolute Gasteiger partial charge is 0.274 e. The van der Waals surface area contributed by atoms with Crippen LogP contribution in [0.2, 0.25) is 0 Å². The summed E-state index contributed by atoms with van der Waals surface area (Å²) in [6, 6.07) is 2.90. The molecule has 2 rings (SSSR count). The Balaban J connectivity index is 2.08. The average Bonchev–Trinajstić information content (AvgIpc) is 2.98. The molecule has 0 amide bonds. The maximum absolute atomic E-state index is 12.2. The predicted molar refractivity (Wildman–Crippen MR) is 70.0 cm³/mol. The summed E-state index contributed by atoms with van der Waals surface area (Å²) in [6.07, 6.45) is 2.54. The number of hydrogen-bond acceptors (Lipinski definition) is 5. The van der Waals surface area contributed by atoms with Gasteiger partial charge in [0.25, 0.3) is 10.0 Å². The van der Waals surface area contributed by atoms with E-state index in [1.165, 1.54) is 6.07 Å². The molecule has 19 heavy (non-hydrogen) atoms. The van der Waals surface area contributed by atoms with Gasteiger partial charge >= 0.3 is 0 Å². The molecule has 1 heterocycles. The molecule has 1 aromatic heterocycles. The second-order valence-electron chi connectivity index (χ2n) is 4.85. The van der Waals surface area contributed by atoms with Gasteiger partial charge in [-0.1, -0.05) is 6.42 Å². The summed E-state index contributed by atoms with van der Waals surface area (Å²) in [5, 5.41) is 12.0. The number of aliphatic hydroxyl groups excluding tert-OH is 1. The highest BCUT2D eigenvalue weighted by molar-refractivity contribution is 7.89. The van der Waals surface area contributed by atoms with Gasteiger partial charge in [-0.05, 0) is 37.9 Å². The minimum absolute atomic E-state index is 0.00140. The second-order valence-corrected chi connectivity index (χ2v) is 6.50. The molecule has 1 aliphatic carbocycles. The van der Waals surface area contributed by atoms with Gasteiger partial charge in [-0.25, -0.2) is 13.1 Å². The molecule has 0 aromatic carbocycles. The van der Waals surface area contributed by atoms with Gasteiger partial charge in [0.05, 0.1) is 6.54 Å². The Hall–Kier alpha value is -0.890. The maximum atomic E-state index is 12.2. The van der Waals surface area contributed by atoms with Crippen LogP contribution in [0.5, 0.6) is 0 Å². The fourth-order valence-corrected chi connectivity index (χ4v) is 3.73. The monoisotopic (exact) mass is 288 g/mol. The maximum Gasteiger partial charge on any atom is 0.274 e. The fourth-order valence-electron chi connectivity index (χ4n) is 2.44. The van der Waals surface area contributed by atoms with Crippen LogP contribution in [0.25, 0.3) is 0 Å². The van der Waals surface area contributed by atoms with Gasteiger partial charge in [0, 0.05) is 12.6 Å². The van der Waals surface area contributed by atoms with Crippen molar-refractivity contribution in [1.82, 2.24) is 10.0 Å². The van der Waals surface area contributed by atoms with Crippen LogP contribution in [0.15, 0.2) is 21.6 Å². The predicted octanol–water partition coefficient (Wildman–Crippen LogP) is 0.438. The first kappa shape index (κ1) is 14.5. The van der Waals surface area contributed by atoms with Crippen LogP contribution >= 0.6 is 0 Å². The quantitative estimate of drug-likeness (QED) is 0.706. The molecule has 0 bridgehead atoms. The van der Waals surface area contributed by atoms with Crippen LogP contribution in [0.4, 0.5) is 0 Å². The first-order chi connectivity index (χ1) is 9.06. The molecule has 0 radical (unpaired) electrons. The summed E-state index contributed by atoms with van der Waals surface area (Å²) in [5.74, 6) is 0.578. The zero-order valence-corrected chi connectivity index (χ0v) is 11.7. The molecule has 0 aliphatic heterocycles. The van der Waals surface area contributed by atoms with E-state index >= 15 is 0 Å². The third-order valence-electron chi connectivity index (χ3n) is 3.45. The molecular weight excluding hydrogens is 268 g/mol. The van der Waals surface area contributed by atoms with Crippen molar-refractivity contribution in [3.05, 3.63) is 17.9 Å². The SMILES string of the molecule is CNCc1ccc(S(=O)(=O)NC2CCCC2CO)o1. The molecule has 0 saturated heterocycles. The van der Waals surface area contributed by atoms with Gasteiger partial charge in [0.1, 0.15) is 5.76 Å². The third-order valence-corrected chi connectivity index (χ3v) is 4.82. The molecule has 7 heteroatoms. The molecule has 1 fully saturated rings. The van der Waals surface area contributed by atoms with E-state index in [-0.39, 0.29) is 23.7 Å². The summed E-state index contributed by atoms with van der Waals surface area (Å²) in [6.45, 7) is 0.495. The van der Waals surface area contributed by atoms with Crippen LogP contribution in [-0.2, 0) is 16.6 Å². The van der Waals surface area contributed by atoms with Crippen LogP contribution in [-0.4, -0.2) is 33.2 Å². The standard InChI is InChI=1S/C12H20N2O4S/c1-13-7-10-5-6-12(18-10)19(16,17)14-11-4-2-3-9(11)8-15/h5-6,9,11,13-15H,2-4,7-8H2,1H3. The van der Waals surface area contributed by atoms with Crippen molar-refractivity contribution >= 4 is 10.0 Å². The summed E-state index contributed by atoms with van der Waals surface area (Å²) in [7, 11) is -1.88. The molecule has 108 valence electrons. The van der Waals surface area contributed by atoms with Crippen molar-refractivity contribution < 1.29 is 17.9 Å².